The molecule has 1 aromatic carbocycles. The van der Waals surface area contributed by atoms with Crippen LogP contribution in [0.25, 0.3) is 0 Å². The molecule has 0 spiro atoms. The number of rotatable bonds is 4. The van der Waals surface area contributed by atoms with Crippen LogP contribution in [0.4, 0.5) is 4.39 Å². The van der Waals surface area contributed by atoms with E-state index in [1.165, 1.54) is 13.2 Å². The first kappa shape index (κ1) is 12.7. The van der Waals surface area contributed by atoms with Crippen LogP contribution in [-0.4, -0.2) is 24.3 Å². The highest BCUT2D eigenvalue weighted by Crippen LogP contribution is 2.34. The largest absolute Gasteiger partial charge is 0.496 e. The standard InChI is InChI=1S/C13H15FO4/c1-7-3-8(4-7)18-12-5-9(13(15)16)11(17-2)6-10(12)14/h5-8H,3-4H2,1-2H3,(H,15,16). The van der Waals surface area contributed by atoms with Gasteiger partial charge in [0.05, 0.1) is 13.2 Å². The maximum atomic E-state index is 13.7. The molecule has 1 aliphatic rings. The van der Waals surface area contributed by atoms with Crippen LogP contribution in [-0.2, 0) is 0 Å². The number of hydrogen-bond donors (Lipinski definition) is 1. The minimum absolute atomic E-state index is 0.00525. The molecule has 1 aliphatic carbocycles. The van der Waals surface area contributed by atoms with Gasteiger partial charge in [-0.2, -0.15) is 0 Å². The molecule has 4 nitrogen and oxygen atoms in total. The molecule has 0 unspecified atom stereocenters. The second-order valence-corrected chi connectivity index (χ2v) is 4.60. The van der Waals surface area contributed by atoms with Crippen LogP contribution in [0.3, 0.4) is 0 Å². The SMILES string of the molecule is COc1cc(F)c(OC2CC(C)C2)cc1C(=O)O. The van der Waals surface area contributed by atoms with Crippen molar-refractivity contribution >= 4 is 5.97 Å². The third kappa shape index (κ3) is 2.39. The van der Waals surface area contributed by atoms with E-state index in [9.17, 15) is 9.18 Å². The summed E-state index contributed by atoms with van der Waals surface area (Å²) in [5, 5.41) is 9.00. The van der Waals surface area contributed by atoms with E-state index < -0.39 is 11.8 Å². The third-order valence-corrected chi connectivity index (χ3v) is 3.11. The number of methoxy groups -OCH3 is 1. The van der Waals surface area contributed by atoms with Crippen molar-refractivity contribution in [2.75, 3.05) is 7.11 Å². The topological polar surface area (TPSA) is 55.8 Å². The van der Waals surface area contributed by atoms with Crippen LogP contribution in [0.15, 0.2) is 12.1 Å². The Morgan fingerprint density at radius 3 is 2.56 bits per heavy atom. The molecular formula is C13H15FO4. The van der Waals surface area contributed by atoms with Gasteiger partial charge in [-0.05, 0) is 18.8 Å². The van der Waals surface area contributed by atoms with Gasteiger partial charge in [0, 0.05) is 12.1 Å². The Kier molecular flexibility index (Phi) is 3.41. The van der Waals surface area contributed by atoms with Crippen molar-refractivity contribution in [3.63, 3.8) is 0 Å². The number of carbonyl (C=O) groups is 1. The summed E-state index contributed by atoms with van der Waals surface area (Å²) in [6, 6.07) is 2.22. The molecule has 1 N–H and O–H groups in total. The van der Waals surface area contributed by atoms with E-state index in [0.29, 0.717) is 5.92 Å². The Bertz CT molecular complexity index is 466. The third-order valence-electron chi connectivity index (χ3n) is 3.11. The number of benzene rings is 1. The fraction of sp³-hybridized carbons (Fsp3) is 0.462. The zero-order chi connectivity index (χ0) is 13.3. The van der Waals surface area contributed by atoms with Crippen LogP contribution >= 0.6 is 0 Å². The van der Waals surface area contributed by atoms with E-state index in [2.05, 4.69) is 6.92 Å². The summed E-state index contributed by atoms with van der Waals surface area (Å²) in [5.41, 5.74) is -0.0960. The predicted molar refractivity (Wildman–Crippen MR) is 62.7 cm³/mol. The highest BCUT2D eigenvalue weighted by atomic mass is 19.1. The quantitative estimate of drug-likeness (QED) is 0.897. The second-order valence-electron chi connectivity index (χ2n) is 4.60. The van der Waals surface area contributed by atoms with Crippen molar-refractivity contribution in [2.45, 2.75) is 25.9 Å². The smallest absolute Gasteiger partial charge is 0.339 e. The summed E-state index contributed by atoms with van der Waals surface area (Å²) < 4.78 is 24.0. The van der Waals surface area contributed by atoms with Gasteiger partial charge in [0.1, 0.15) is 11.3 Å². The molecule has 18 heavy (non-hydrogen) atoms. The zero-order valence-electron chi connectivity index (χ0n) is 10.3. The number of ether oxygens (including phenoxy) is 2. The molecule has 98 valence electrons. The van der Waals surface area contributed by atoms with Crippen molar-refractivity contribution in [1.29, 1.82) is 0 Å². The number of carboxylic acid groups (broad SMARTS) is 1. The first-order valence-electron chi connectivity index (χ1n) is 5.78. The second kappa shape index (κ2) is 4.84. The number of carboxylic acids is 1. The Labute approximate surface area is 104 Å². The minimum atomic E-state index is -1.17. The monoisotopic (exact) mass is 254 g/mol. The van der Waals surface area contributed by atoms with Crippen LogP contribution < -0.4 is 9.47 Å². The lowest BCUT2D eigenvalue weighted by molar-refractivity contribution is 0.0662. The van der Waals surface area contributed by atoms with Gasteiger partial charge >= 0.3 is 5.97 Å². The lowest BCUT2D eigenvalue weighted by atomic mass is 9.84. The maximum Gasteiger partial charge on any atom is 0.339 e. The molecule has 0 aliphatic heterocycles. The van der Waals surface area contributed by atoms with Crippen molar-refractivity contribution in [1.82, 2.24) is 0 Å². The summed E-state index contributed by atoms with van der Waals surface area (Å²) in [5.74, 6) is -1.22. The van der Waals surface area contributed by atoms with E-state index >= 15 is 0 Å². The Balaban J connectivity index is 2.24. The molecule has 0 heterocycles. The Morgan fingerprint density at radius 1 is 1.39 bits per heavy atom. The molecule has 2 rings (SSSR count). The first-order valence-corrected chi connectivity index (χ1v) is 5.78. The number of aromatic carboxylic acids is 1. The van der Waals surface area contributed by atoms with Gasteiger partial charge in [0.15, 0.2) is 11.6 Å². The van der Waals surface area contributed by atoms with Crippen LogP contribution in [0.2, 0.25) is 0 Å². The van der Waals surface area contributed by atoms with Crippen LogP contribution in [0.5, 0.6) is 11.5 Å². The van der Waals surface area contributed by atoms with Gasteiger partial charge in [-0.1, -0.05) is 6.92 Å². The van der Waals surface area contributed by atoms with Crippen LogP contribution in [0, 0.1) is 11.7 Å². The van der Waals surface area contributed by atoms with Crippen molar-refractivity contribution < 1.29 is 23.8 Å². The average molecular weight is 254 g/mol. The average Bonchev–Trinajstić information content (AvgIpc) is 2.28. The summed E-state index contributed by atoms with van der Waals surface area (Å²) in [4.78, 5) is 11.0. The van der Waals surface area contributed by atoms with E-state index in [-0.39, 0.29) is 23.2 Å². The molecular weight excluding hydrogens is 239 g/mol. The number of hydrogen-bond acceptors (Lipinski definition) is 3. The fourth-order valence-corrected chi connectivity index (χ4v) is 2.07. The molecule has 0 bridgehead atoms. The first-order chi connectivity index (χ1) is 8.51. The summed E-state index contributed by atoms with van der Waals surface area (Å²) in [7, 11) is 1.30. The van der Waals surface area contributed by atoms with Gasteiger partial charge in [-0.3, -0.25) is 0 Å². The Hall–Kier alpha value is -1.78. The summed E-state index contributed by atoms with van der Waals surface area (Å²) in [6.07, 6.45) is 1.71. The van der Waals surface area contributed by atoms with E-state index in [1.807, 2.05) is 0 Å². The van der Waals surface area contributed by atoms with Gasteiger partial charge in [0.2, 0.25) is 0 Å². The molecule has 0 atom stereocenters. The van der Waals surface area contributed by atoms with Gasteiger partial charge < -0.3 is 14.6 Å². The lowest BCUT2D eigenvalue weighted by Gasteiger charge is -2.33. The molecule has 1 fully saturated rings. The van der Waals surface area contributed by atoms with Crippen molar-refractivity contribution in [3.8, 4) is 11.5 Å². The highest BCUT2D eigenvalue weighted by Gasteiger charge is 2.28. The molecule has 5 heteroatoms. The number of halogens is 1. The molecule has 1 saturated carbocycles. The fourth-order valence-electron chi connectivity index (χ4n) is 2.07. The summed E-state index contributed by atoms with van der Waals surface area (Å²) in [6.45, 7) is 2.09. The molecule has 0 radical (unpaired) electrons. The molecule has 0 aromatic heterocycles. The van der Waals surface area contributed by atoms with Gasteiger partial charge in [0.25, 0.3) is 0 Å². The zero-order valence-corrected chi connectivity index (χ0v) is 10.3. The Morgan fingerprint density at radius 2 is 2.06 bits per heavy atom. The van der Waals surface area contributed by atoms with E-state index in [0.717, 1.165) is 18.9 Å². The van der Waals surface area contributed by atoms with E-state index in [4.69, 9.17) is 14.6 Å². The lowest BCUT2D eigenvalue weighted by Crippen LogP contribution is -2.32. The minimum Gasteiger partial charge on any atom is -0.496 e. The molecule has 0 amide bonds. The van der Waals surface area contributed by atoms with Gasteiger partial charge in [-0.25, -0.2) is 9.18 Å². The van der Waals surface area contributed by atoms with Gasteiger partial charge in [-0.15, -0.1) is 0 Å². The van der Waals surface area contributed by atoms with Crippen LogP contribution in [0.1, 0.15) is 30.1 Å². The maximum absolute atomic E-state index is 13.7. The van der Waals surface area contributed by atoms with E-state index in [1.54, 1.807) is 0 Å². The van der Waals surface area contributed by atoms with Crippen molar-refractivity contribution in [3.05, 3.63) is 23.5 Å². The highest BCUT2D eigenvalue weighted by molar-refractivity contribution is 5.91. The predicted octanol–water partition coefficient (Wildman–Crippen LogP) is 2.71. The molecule has 1 aromatic rings. The normalized spacial score (nSPS) is 22.2. The molecule has 0 saturated heterocycles. The van der Waals surface area contributed by atoms with Crippen molar-refractivity contribution in [2.24, 2.45) is 5.92 Å². The summed E-state index contributed by atoms with van der Waals surface area (Å²) >= 11 is 0.